The average Bonchev–Trinajstić information content (AvgIpc) is 2.74. The average molecular weight is 441 g/mol. The van der Waals surface area contributed by atoms with Crippen molar-refractivity contribution < 1.29 is 9.53 Å². The van der Waals surface area contributed by atoms with E-state index in [4.69, 9.17) is 4.74 Å². The van der Waals surface area contributed by atoms with Crippen molar-refractivity contribution in [1.29, 1.82) is 0 Å². The van der Waals surface area contributed by atoms with E-state index >= 15 is 0 Å². The number of carbonyl (C=O) groups excluding carboxylic acids is 1. The lowest BCUT2D eigenvalue weighted by atomic mass is 10.1. The van der Waals surface area contributed by atoms with Gasteiger partial charge in [0, 0.05) is 23.8 Å². The van der Waals surface area contributed by atoms with E-state index in [0.717, 1.165) is 12.2 Å². The first-order valence-corrected chi connectivity index (χ1v) is 11.8. The van der Waals surface area contributed by atoms with Gasteiger partial charge in [-0.1, -0.05) is 37.6 Å². The Bertz CT molecular complexity index is 774. The lowest BCUT2D eigenvalue weighted by Crippen LogP contribution is -2.37. The van der Waals surface area contributed by atoms with Crippen molar-refractivity contribution in [3.05, 3.63) is 59.7 Å². The Balaban J connectivity index is 0.000000389. The predicted molar refractivity (Wildman–Crippen MR) is 138 cm³/mol. The Morgan fingerprint density at radius 1 is 0.906 bits per heavy atom. The Kier molecular flexibility index (Phi) is 12.1. The summed E-state index contributed by atoms with van der Waals surface area (Å²) < 4.78 is 5.05. The van der Waals surface area contributed by atoms with Crippen LogP contribution >= 0.6 is 0 Å². The highest BCUT2D eigenvalue weighted by atomic mass is 16.5. The van der Waals surface area contributed by atoms with Crippen LogP contribution in [-0.4, -0.2) is 43.5 Å². The molecule has 0 aliphatic rings. The highest BCUT2D eigenvalue weighted by Crippen LogP contribution is 2.25. The molecule has 178 valence electrons. The van der Waals surface area contributed by atoms with E-state index in [1.165, 1.54) is 23.2 Å². The summed E-state index contributed by atoms with van der Waals surface area (Å²) in [6, 6.07) is 18.2. The molecule has 0 aliphatic carbocycles. The summed E-state index contributed by atoms with van der Waals surface area (Å²) >= 11 is 0. The van der Waals surface area contributed by atoms with Gasteiger partial charge in [0.1, 0.15) is 11.5 Å². The van der Waals surface area contributed by atoms with Crippen LogP contribution in [-0.2, 0) is 11.2 Å². The number of hydrogen-bond donors (Lipinski definition) is 0. The van der Waals surface area contributed by atoms with Crippen molar-refractivity contribution in [1.82, 2.24) is 4.90 Å². The molecule has 0 saturated heterocycles. The molecule has 1 unspecified atom stereocenters. The van der Waals surface area contributed by atoms with Gasteiger partial charge >= 0.3 is 0 Å². The molecule has 2 aromatic rings. The second-order valence-corrected chi connectivity index (χ2v) is 9.08. The van der Waals surface area contributed by atoms with Crippen molar-refractivity contribution in [2.24, 2.45) is 0 Å². The van der Waals surface area contributed by atoms with E-state index in [1.54, 1.807) is 14.0 Å². The zero-order valence-electron chi connectivity index (χ0n) is 21.7. The fraction of sp³-hybridized carbons (Fsp3) is 0.536. The van der Waals surface area contributed by atoms with Gasteiger partial charge in [-0.15, -0.1) is 0 Å². The number of ether oxygens (including phenoxy) is 1. The van der Waals surface area contributed by atoms with Crippen LogP contribution in [0.1, 0.15) is 72.1 Å². The van der Waals surface area contributed by atoms with Crippen LogP contribution < -0.4 is 9.64 Å². The molecule has 4 nitrogen and oxygen atoms in total. The van der Waals surface area contributed by atoms with Gasteiger partial charge < -0.3 is 9.64 Å². The third kappa shape index (κ3) is 9.04. The van der Waals surface area contributed by atoms with E-state index in [9.17, 15) is 4.79 Å². The third-order valence-electron chi connectivity index (χ3n) is 5.62. The molecule has 32 heavy (non-hydrogen) atoms. The number of anilines is 1. The van der Waals surface area contributed by atoms with Crippen LogP contribution in [0.25, 0.3) is 0 Å². The molecule has 0 bridgehead atoms. The van der Waals surface area contributed by atoms with Crippen molar-refractivity contribution >= 4 is 11.5 Å². The summed E-state index contributed by atoms with van der Waals surface area (Å²) in [4.78, 5) is 15.7. The highest BCUT2D eigenvalue weighted by molar-refractivity contribution is 5.77. The second-order valence-electron chi connectivity index (χ2n) is 9.08. The van der Waals surface area contributed by atoms with Crippen LogP contribution in [0, 0.1) is 0 Å². The molecule has 1 atom stereocenters. The molecule has 2 aromatic carbocycles. The topological polar surface area (TPSA) is 32.8 Å². The lowest BCUT2D eigenvalue weighted by molar-refractivity contribution is -0.118. The Morgan fingerprint density at radius 2 is 1.44 bits per heavy atom. The molecular formula is C28H44N2O2. The van der Waals surface area contributed by atoms with Gasteiger partial charge in [-0.05, 0) is 90.4 Å². The van der Waals surface area contributed by atoms with Crippen molar-refractivity contribution in [2.75, 3.05) is 25.6 Å². The molecule has 0 aromatic heterocycles. The molecule has 2 rings (SSSR count). The summed E-state index contributed by atoms with van der Waals surface area (Å²) in [5, 5.41) is 0. The first-order valence-electron chi connectivity index (χ1n) is 11.8. The molecule has 0 amide bonds. The quantitative estimate of drug-likeness (QED) is 0.420. The minimum atomic E-state index is 0.201. The summed E-state index contributed by atoms with van der Waals surface area (Å²) in [6.07, 6.45) is 2.36. The molecule has 0 spiro atoms. The number of benzene rings is 2. The van der Waals surface area contributed by atoms with Gasteiger partial charge in [0.15, 0.2) is 0 Å². The number of carbonyl (C=O) groups is 1. The number of rotatable bonds is 10. The number of aryl methyl sites for hydroxylation is 1. The minimum absolute atomic E-state index is 0.201. The number of nitrogens with zero attached hydrogens (tertiary/aromatic N) is 2. The molecule has 0 aliphatic heterocycles. The lowest BCUT2D eigenvalue weighted by Gasteiger charge is -2.33. The Morgan fingerprint density at radius 3 is 1.84 bits per heavy atom. The van der Waals surface area contributed by atoms with Crippen LogP contribution in [0.3, 0.4) is 0 Å². The van der Waals surface area contributed by atoms with Crippen LogP contribution in [0.15, 0.2) is 48.5 Å². The normalized spacial score (nSPS) is 11.9. The fourth-order valence-corrected chi connectivity index (χ4v) is 3.94. The van der Waals surface area contributed by atoms with Gasteiger partial charge in [-0.2, -0.15) is 0 Å². The molecular weight excluding hydrogens is 396 g/mol. The highest BCUT2D eigenvalue weighted by Gasteiger charge is 2.16. The van der Waals surface area contributed by atoms with Gasteiger partial charge in [0.25, 0.3) is 0 Å². The monoisotopic (exact) mass is 440 g/mol. The van der Waals surface area contributed by atoms with Crippen LogP contribution in [0.4, 0.5) is 5.69 Å². The number of Topliss-reactive ketones (excluding diaryl/α,β-unsaturated/α-hetero) is 1. The number of ketones is 1. The molecule has 0 N–H and O–H groups in total. The third-order valence-corrected chi connectivity index (χ3v) is 5.62. The molecule has 0 fully saturated rings. The number of likely N-dealkylation sites (N-methyl/N-ethyl adjacent to an activating group) is 1. The second kappa shape index (κ2) is 13.9. The largest absolute Gasteiger partial charge is 0.497 e. The summed E-state index contributed by atoms with van der Waals surface area (Å²) in [7, 11) is 3.68. The van der Waals surface area contributed by atoms with E-state index in [1.807, 2.05) is 19.2 Å². The maximum atomic E-state index is 11.2. The predicted octanol–water partition coefficient (Wildman–Crippen LogP) is 6.54. The standard InChI is InChI=1S/C18H30N2O.C10H14O/c1-13(2)20(14(3)4)18-10-8-17(9-11-18)16(6)19(7)12-15(5)21;1-3-4-9-5-7-10(11-2)8-6-9/h8-11,13-14,16H,12H2,1-7H3;5-8H,3-4H2,1-2H3. The Labute approximate surface area is 196 Å². The minimum Gasteiger partial charge on any atom is -0.497 e. The van der Waals surface area contributed by atoms with Gasteiger partial charge in [-0.3, -0.25) is 9.69 Å². The first kappa shape index (κ1) is 27.7. The van der Waals surface area contributed by atoms with E-state index < -0.39 is 0 Å². The Hall–Kier alpha value is -2.33. The van der Waals surface area contributed by atoms with Gasteiger partial charge in [0.05, 0.1) is 13.7 Å². The maximum Gasteiger partial charge on any atom is 0.143 e. The van der Waals surface area contributed by atoms with E-state index in [-0.39, 0.29) is 11.8 Å². The first-order chi connectivity index (χ1) is 15.1. The van der Waals surface area contributed by atoms with E-state index in [0.29, 0.717) is 18.6 Å². The smallest absolute Gasteiger partial charge is 0.143 e. The molecule has 4 heteroatoms. The van der Waals surface area contributed by atoms with Crippen molar-refractivity contribution in [2.45, 2.75) is 79.4 Å². The number of methoxy groups -OCH3 is 1. The van der Waals surface area contributed by atoms with Crippen LogP contribution in [0.2, 0.25) is 0 Å². The van der Waals surface area contributed by atoms with E-state index in [2.05, 4.69) is 87.7 Å². The van der Waals surface area contributed by atoms with Gasteiger partial charge in [-0.25, -0.2) is 0 Å². The van der Waals surface area contributed by atoms with Crippen molar-refractivity contribution in [3.63, 3.8) is 0 Å². The maximum absolute atomic E-state index is 11.2. The van der Waals surface area contributed by atoms with Gasteiger partial charge in [0.2, 0.25) is 0 Å². The summed E-state index contributed by atoms with van der Waals surface area (Å²) in [6.45, 7) is 15.3. The molecule has 0 heterocycles. The SMILES string of the molecule is CC(=O)CN(C)C(C)c1ccc(N(C(C)C)C(C)C)cc1.CCCc1ccc(OC)cc1. The van der Waals surface area contributed by atoms with Crippen molar-refractivity contribution in [3.8, 4) is 5.75 Å². The molecule has 0 radical (unpaired) electrons. The zero-order valence-corrected chi connectivity index (χ0v) is 21.7. The fourth-order valence-electron chi connectivity index (χ4n) is 3.94. The number of hydrogen-bond acceptors (Lipinski definition) is 4. The summed E-state index contributed by atoms with van der Waals surface area (Å²) in [5.74, 6) is 1.14. The van der Waals surface area contributed by atoms with Crippen LogP contribution in [0.5, 0.6) is 5.75 Å². The summed E-state index contributed by atoms with van der Waals surface area (Å²) in [5.41, 5.74) is 3.88. The molecule has 0 saturated carbocycles. The zero-order chi connectivity index (χ0) is 24.3.